The molecule has 0 fully saturated rings. The first-order valence-corrected chi connectivity index (χ1v) is 6.51. The van der Waals surface area contributed by atoms with Gasteiger partial charge in [0.05, 0.1) is 29.5 Å². The van der Waals surface area contributed by atoms with Crippen LogP contribution in [-0.4, -0.2) is 33.3 Å². The van der Waals surface area contributed by atoms with Gasteiger partial charge in [0.2, 0.25) is 5.95 Å². The highest BCUT2D eigenvalue weighted by atomic mass is 16.3. The van der Waals surface area contributed by atoms with Crippen molar-refractivity contribution in [2.75, 3.05) is 18.6 Å². The third-order valence-corrected chi connectivity index (χ3v) is 3.29. The van der Waals surface area contributed by atoms with E-state index in [4.69, 9.17) is 0 Å². The van der Waals surface area contributed by atoms with Crippen molar-refractivity contribution in [3.05, 3.63) is 48.8 Å². The summed E-state index contributed by atoms with van der Waals surface area (Å²) < 4.78 is 2.02. The summed E-state index contributed by atoms with van der Waals surface area (Å²) in [4.78, 5) is 10.8. The van der Waals surface area contributed by atoms with Crippen LogP contribution in [0.15, 0.2) is 48.8 Å². The van der Waals surface area contributed by atoms with Crippen molar-refractivity contribution in [3.63, 3.8) is 0 Å². The number of hydrogen-bond donors (Lipinski definition) is 1. The maximum Gasteiger partial charge on any atom is 0.210 e. The lowest BCUT2D eigenvalue weighted by molar-refractivity contribution is 0.278. The van der Waals surface area contributed by atoms with Gasteiger partial charge in [0, 0.05) is 19.8 Å². The van der Waals surface area contributed by atoms with E-state index in [-0.39, 0.29) is 6.61 Å². The number of aromatic nitrogens is 3. The number of fused-ring (bicyclic) bond motifs is 1. The monoisotopic (exact) mass is 268 g/mol. The number of para-hydroxylation sites is 2. The number of anilines is 2. The second kappa shape index (κ2) is 5.30. The molecule has 0 aliphatic carbocycles. The van der Waals surface area contributed by atoms with Crippen LogP contribution in [0.2, 0.25) is 0 Å². The van der Waals surface area contributed by atoms with Crippen LogP contribution in [0.1, 0.15) is 0 Å². The van der Waals surface area contributed by atoms with Crippen LogP contribution in [0.4, 0.5) is 11.6 Å². The summed E-state index contributed by atoms with van der Waals surface area (Å²) in [5.74, 6) is 0.799. The first kappa shape index (κ1) is 12.6. The summed E-state index contributed by atoms with van der Waals surface area (Å²) in [6.07, 6.45) is 3.54. The highest BCUT2D eigenvalue weighted by Gasteiger charge is 2.15. The maximum atomic E-state index is 9.29. The van der Waals surface area contributed by atoms with Gasteiger partial charge in [0.15, 0.2) is 0 Å². The molecular formula is C15H16N4O. The Hall–Kier alpha value is -2.40. The summed E-state index contributed by atoms with van der Waals surface area (Å²) in [6.45, 7) is 0.592. The molecule has 0 aliphatic rings. The Kier molecular flexibility index (Phi) is 3.35. The minimum absolute atomic E-state index is 0.0776. The lowest BCUT2D eigenvalue weighted by Crippen LogP contribution is -2.16. The molecule has 0 unspecified atom stereocenters. The molecular weight excluding hydrogens is 252 g/mol. The van der Waals surface area contributed by atoms with Crippen molar-refractivity contribution in [1.29, 1.82) is 0 Å². The van der Waals surface area contributed by atoms with Crippen molar-refractivity contribution in [2.45, 2.75) is 6.54 Å². The van der Waals surface area contributed by atoms with Crippen LogP contribution in [0.3, 0.4) is 0 Å². The Morgan fingerprint density at radius 2 is 2.05 bits per heavy atom. The van der Waals surface area contributed by atoms with Crippen LogP contribution in [0.25, 0.3) is 11.0 Å². The third-order valence-electron chi connectivity index (χ3n) is 3.29. The number of nitrogens with zero attached hydrogens (tertiary/aromatic N) is 4. The van der Waals surface area contributed by atoms with Crippen LogP contribution >= 0.6 is 0 Å². The van der Waals surface area contributed by atoms with Gasteiger partial charge in [-0.25, -0.2) is 4.98 Å². The summed E-state index contributed by atoms with van der Waals surface area (Å²) in [7, 11) is 1.95. The van der Waals surface area contributed by atoms with E-state index in [0.29, 0.717) is 6.54 Å². The topological polar surface area (TPSA) is 54.2 Å². The van der Waals surface area contributed by atoms with Gasteiger partial charge in [-0.2, -0.15) is 0 Å². The van der Waals surface area contributed by atoms with Crippen molar-refractivity contribution < 1.29 is 5.11 Å². The average molecular weight is 268 g/mol. The molecule has 0 bridgehead atoms. The Morgan fingerprint density at radius 1 is 1.20 bits per heavy atom. The largest absolute Gasteiger partial charge is 0.395 e. The van der Waals surface area contributed by atoms with Gasteiger partial charge in [-0.3, -0.25) is 4.98 Å². The summed E-state index contributed by atoms with van der Waals surface area (Å²) in [6, 6.07) is 11.8. The zero-order valence-electron chi connectivity index (χ0n) is 11.3. The number of imidazole rings is 1. The normalized spacial score (nSPS) is 10.9. The molecule has 0 aliphatic heterocycles. The fourth-order valence-corrected chi connectivity index (χ4v) is 2.31. The van der Waals surface area contributed by atoms with E-state index >= 15 is 0 Å². The van der Waals surface area contributed by atoms with Crippen molar-refractivity contribution in [1.82, 2.24) is 14.5 Å². The van der Waals surface area contributed by atoms with Gasteiger partial charge in [-0.15, -0.1) is 0 Å². The quantitative estimate of drug-likeness (QED) is 0.788. The van der Waals surface area contributed by atoms with Crippen molar-refractivity contribution >= 4 is 22.7 Å². The predicted octanol–water partition coefficient (Wildman–Crippen LogP) is 2.19. The minimum atomic E-state index is 0.0776. The molecule has 102 valence electrons. The van der Waals surface area contributed by atoms with Crippen LogP contribution < -0.4 is 4.90 Å². The van der Waals surface area contributed by atoms with Gasteiger partial charge in [0.25, 0.3) is 0 Å². The SMILES string of the molecule is CN(c1cccnc1)c1nc2ccccc2n1CCO. The standard InChI is InChI=1S/C15H16N4O/c1-18(12-5-4-8-16-11-12)15-17-13-6-2-3-7-14(13)19(15)9-10-20/h2-8,11,20H,9-10H2,1H3. The van der Waals surface area contributed by atoms with Crippen molar-refractivity contribution in [3.8, 4) is 0 Å². The number of pyridine rings is 1. The number of aliphatic hydroxyl groups is 1. The molecule has 0 atom stereocenters. The molecule has 2 heterocycles. The van der Waals surface area contributed by atoms with E-state index in [0.717, 1.165) is 22.7 Å². The average Bonchev–Trinajstić information content (AvgIpc) is 2.87. The molecule has 5 nitrogen and oxygen atoms in total. The van der Waals surface area contributed by atoms with Gasteiger partial charge in [0.1, 0.15) is 0 Å². The van der Waals surface area contributed by atoms with Gasteiger partial charge in [-0.1, -0.05) is 12.1 Å². The third kappa shape index (κ3) is 2.12. The lowest BCUT2D eigenvalue weighted by Gasteiger charge is -2.19. The van der Waals surface area contributed by atoms with Gasteiger partial charge in [-0.05, 0) is 24.3 Å². The van der Waals surface area contributed by atoms with Crippen LogP contribution in [-0.2, 0) is 6.54 Å². The second-order valence-corrected chi connectivity index (χ2v) is 4.55. The van der Waals surface area contributed by atoms with Crippen LogP contribution in [0.5, 0.6) is 0 Å². The van der Waals surface area contributed by atoms with Gasteiger partial charge < -0.3 is 14.6 Å². The molecule has 3 rings (SSSR count). The molecule has 20 heavy (non-hydrogen) atoms. The summed E-state index contributed by atoms with van der Waals surface area (Å²) in [5, 5.41) is 9.29. The highest BCUT2D eigenvalue weighted by molar-refractivity contribution is 5.80. The molecule has 3 aromatic rings. The fourth-order valence-electron chi connectivity index (χ4n) is 2.31. The smallest absolute Gasteiger partial charge is 0.210 e. The second-order valence-electron chi connectivity index (χ2n) is 4.55. The summed E-state index contributed by atoms with van der Waals surface area (Å²) in [5.41, 5.74) is 2.90. The zero-order valence-corrected chi connectivity index (χ0v) is 11.3. The fraction of sp³-hybridized carbons (Fsp3) is 0.200. The number of rotatable bonds is 4. The van der Waals surface area contributed by atoms with E-state index < -0.39 is 0 Å². The molecule has 0 saturated carbocycles. The Labute approximate surface area is 117 Å². The molecule has 5 heteroatoms. The first-order valence-electron chi connectivity index (χ1n) is 6.51. The molecule has 0 amide bonds. The first-order chi connectivity index (χ1) is 9.81. The zero-order chi connectivity index (χ0) is 13.9. The van der Waals surface area contributed by atoms with Crippen LogP contribution in [0, 0.1) is 0 Å². The Bertz CT molecular complexity index is 708. The lowest BCUT2D eigenvalue weighted by atomic mass is 10.3. The maximum absolute atomic E-state index is 9.29. The Morgan fingerprint density at radius 3 is 2.80 bits per heavy atom. The van der Waals surface area contributed by atoms with Gasteiger partial charge >= 0.3 is 0 Å². The molecule has 1 aromatic carbocycles. The molecule has 0 radical (unpaired) electrons. The number of hydrogen-bond acceptors (Lipinski definition) is 4. The van der Waals surface area contributed by atoms with E-state index in [1.54, 1.807) is 12.4 Å². The number of benzene rings is 1. The van der Waals surface area contributed by atoms with E-state index in [1.807, 2.05) is 52.9 Å². The van der Waals surface area contributed by atoms with E-state index in [9.17, 15) is 5.11 Å². The number of aliphatic hydroxyl groups excluding tert-OH is 1. The minimum Gasteiger partial charge on any atom is -0.395 e. The molecule has 2 aromatic heterocycles. The molecule has 0 saturated heterocycles. The predicted molar refractivity (Wildman–Crippen MR) is 79.1 cm³/mol. The molecule has 1 N–H and O–H groups in total. The Balaban J connectivity index is 2.12. The highest BCUT2D eigenvalue weighted by Crippen LogP contribution is 2.26. The molecule has 0 spiro atoms. The summed E-state index contributed by atoms with van der Waals surface area (Å²) >= 11 is 0. The van der Waals surface area contributed by atoms with Crippen molar-refractivity contribution in [2.24, 2.45) is 0 Å². The van der Waals surface area contributed by atoms with E-state index in [1.165, 1.54) is 0 Å². The van der Waals surface area contributed by atoms with E-state index in [2.05, 4.69) is 9.97 Å².